The first-order valence-electron chi connectivity index (χ1n) is 3.91. The lowest BCUT2D eigenvalue weighted by Crippen LogP contribution is -2.56. The Morgan fingerprint density at radius 2 is 2.00 bits per heavy atom. The zero-order valence-corrected chi connectivity index (χ0v) is 7.89. The van der Waals surface area contributed by atoms with Gasteiger partial charge in [0, 0.05) is 7.11 Å². The van der Waals surface area contributed by atoms with Crippen molar-refractivity contribution < 1.29 is 24.8 Å². The molecule has 1 aliphatic heterocycles. The van der Waals surface area contributed by atoms with Crippen LogP contribution in [0, 0.1) is 0 Å². The Balaban J connectivity index is 2.66. The number of rotatable bonds is 2. The van der Waals surface area contributed by atoms with Gasteiger partial charge >= 0.3 is 0 Å². The van der Waals surface area contributed by atoms with Crippen LogP contribution in [0.2, 0.25) is 0 Å². The lowest BCUT2D eigenvalue weighted by atomic mass is 10.0. The molecule has 0 aliphatic carbocycles. The number of alkyl halides is 1. The molecular weight excluding hydrogens is 200 g/mol. The molecule has 5 atom stereocenters. The molecule has 13 heavy (non-hydrogen) atoms. The molecule has 78 valence electrons. The van der Waals surface area contributed by atoms with E-state index < -0.39 is 30.0 Å². The summed E-state index contributed by atoms with van der Waals surface area (Å²) in [6.45, 7) is -0.364. The third-order valence-corrected chi connectivity index (χ3v) is 2.55. The van der Waals surface area contributed by atoms with Gasteiger partial charge in [0.05, 0.1) is 12.0 Å². The average Bonchev–Trinajstić information content (AvgIpc) is 2.15. The summed E-state index contributed by atoms with van der Waals surface area (Å²) in [6.07, 6.45) is -3.89. The number of methoxy groups -OCH3 is 1. The first-order valence-corrected chi connectivity index (χ1v) is 4.34. The van der Waals surface area contributed by atoms with Crippen molar-refractivity contribution in [3.63, 3.8) is 0 Å². The fourth-order valence-corrected chi connectivity index (χ4v) is 1.52. The van der Waals surface area contributed by atoms with Gasteiger partial charge in [0.15, 0.2) is 6.29 Å². The molecular formula is C7H13ClO5. The Hall–Kier alpha value is 0.0900. The topological polar surface area (TPSA) is 79.2 Å². The summed E-state index contributed by atoms with van der Waals surface area (Å²) in [5.41, 5.74) is 0. The van der Waals surface area contributed by atoms with Gasteiger partial charge in [-0.2, -0.15) is 0 Å². The van der Waals surface area contributed by atoms with E-state index in [-0.39, 0.29) is 6.61 Å². The van der Waals surface area contributed by atoms with Crippen molar-refractivity contribution in [2.75, 3.05) is 13.7 Å². The maximum absolute atomic E-state index is 9.40. The van der Waals surface area contributed by atoms with Crippen molar-refractivity contribution in [1.29, 1.82) is 0 Å². The summed E-state index contributed by atoms with van der Waals surface area (Å²) in [7, 11) is 1.35. The van der Waals surface area contributed by atoms with E-state index in [2.05, 4.69) is 0 Å². The molecule has 0 aromatic rings. The third-order valence-electron chi connectivity index (χ3n) is 2.03. The molecule has 0 bridgehead atoms. The Bertz CT molecular complexity index is 147. The molecule has 1 saturated heterocycles. The predicted molar refractivity (Wildman–Crippen MR) is 44.4 cm³/mol. The van der Waals surface area contributed by atoms with Crippen LogP contribution in [0.1, 0.15) is 0 Å². The predicted octanol–water partition coefficient (Wildman–Crippen LogP) is -1.32. The maximum atomic E-state index is 9.40. The van der Waals surface area contributed by atoms with Crippen LogP contribution in [0.25, 0.3) is 0 Å². The highest BCUT2D eigenvalue weighted by atomic mass is 35.5. The second kappa shape index (κ2) is 4.54. The molecule has 0 radical (unpaired) electrons. The van der Waals surface area contributed by atoms with Gasteiger partial charge < -0.3 is 24.8 Å². The van der Waals surface area contributed by atoms with E-state index in [0.29, 0.717) is 0 Å². The van der Waals surface area contributed by atoms with Crippen LogP contribution >= 0.6 is 11.6 Å². The number of ether oxygens (including phenoxy) is 2. The molecule has 0 aromatic carbocycles. The van der Waals surface area contributed by atoms with Crippen LogP contribution in [-0.4, -0.2) is 59.0 Å². The second-order valence-corrected chi connectivity index (χ2v) is 3.39. The quantitative estimate of drug-likeness (QED) is 0.495. The van der Waals surface area contributed by atoms with Gasteiger partial charge in [-0.1, -0.05) is 0 Å². The summed E-state index contributed by atoms with van der Waals surface area (Å²) >= 11 is 5.69. The standard InChI is InChI=1S/C7H13ClO5/c1-12-7-6(11)4(8)5(10)3(2-9)13-7/h3-7,9-11H,2H2,1H3/t3-,4-,5-,6+,7-/m1/s1. The lowest BCUT2D eigenvalue weighted by Gasteiger charge is -2.38. The van der Waals surface area contributed by atoms with Crippen LogP contribution < -0.4 is 0 Å². The van der Waals surface area contributed by atoms with Gasteiger partial charge in [0.25, 0.3) is 0 Å². The van der Waals surface area contributed by atoms with E-state index >= 15 is 0 Å². The van der Waals surface area contributed by atoms with Crippen molar-refractivity contribution in [1.82, 2.24) is 0 Å². The SMILES string of the molecule is CO[C@@H]1O[C@H](CO)[C@@H](O)[C@@H](Cl)[C@@H]1O. The fraction of sp³-hybridized carbons (Fsp3) is 1.00. The smallest absolute Gasteiger partial charge is 0.185 e. The second-order valence-electron chi connectivity index (χ2n) is 2.89. The largest absolute Gasteiger partial charge is 0.394 e. The first kappa shape index (κ1) is 11.2. The zero-order chi connectivity index (χ0) is 10.0. The molecule has 1 rings (SSSR count). The highest BCUT2D eigenvalue weighted by molar-refractivity contribution is 6.21. The minimum atomic E-state index is -1.09. The lowest BCUT2D eigenvalue weighted by molar-refractivity contribution is -0.259. The van der Waals surface area contributed by atoms with E-state index in [0.717, 1.165) is 0 Å². The highest BCUT2D eigenvalue weighted by Crippen LogP contribution is 2.25. The Labute approximate surface area is 80.8 Å². The molecule has 1 heterocycles. The van der Waals surface area contributed by atoms with E-state index in [9.17, 15) is 10.2 Å². The Morgan fingerprint density at radius 1 is 1.38 bits per heavy atom. The molecule has 3 N–H and O–H groups in total. The summed E-state index contributed by atoms with van der Waals surface area (Å²) in [6, 6.07) is 0. The van der Waals surface area contributed by atoms with Crippen molar-refractivity contribution in [3.05, 3.63) is 0 Å². The molecule has 1 aliphatic rings. The van der Waals surface area contributed by atoms with Gasteiger partial charge in [-0.25, -0.2) is 0 Å². The summed E-state index contributed by atoms with van der Waals surface area (Å²) in [5.74, 6) is 0. The van der Waals surface area contributed by atoms with Gasteiger partial charge in [0.1, 0.15) is 18.3 Å². The molecule has 0 spiro atoms. The normalized spacial score (nSPS) is 46.4. The van der Waals surface area contributed by atoms with E-state index in [4.69, 9.17) is 26.2 Å². The number of halogens is 1. The monoisotopic (exact) mass is 212 g/mol. The van der Waals surface area contributed by atoms with E-state index in [1.807, 2.05) is 0 Å². The summed E-state index contributed by atoms with van der Waals surface area (Å²) in [5, 5.41) is 26.7. The van der Waals surface area contributed by atoms with Gasteiger partial charge in [0.2, 0.25) is 0 Å². The average molecular weight is 213 g/mol. The van der Waals surface area contributed by atoms with Crippen LogP contribution in [-0.2, 0) is 9.47 Å². The molecule has 0 unspecified atom stereocenters. The van der Waals surface area contributed by atoms with Crippen molar-refractivity contribution in [2.24, 2.45) is 0 Å². The van der Waals surface area contributed by atoms with Crippen LogP contribution in [0.15, 0.2) is 0 Å². The molecule has 0 saturated carbocycles. The molecule has 1 fully saturated rings. The number of hydrogen-bond acceptors (Lipinski definition) is 5. The summed E-state index contributed by atoms with van der Waals surface area (Å²) in [4.78, 5) is 0. The van der Waals surface area contributed by atoms with Gasteiger partial charge in [-0.15, -0.1) is 11.6 Å². The van der Waals surface area contributed by atoms with Crippen molar-refractivity contribution in [3.8, 4) is 0 Å². The van der Waals surface area contributed by atoms with Gasteiger partial charge in [-0.05, 0) is 0 Å². The van der Waals surface area contributed by atoms with E-state index in [1.165, 1.54) is 7.11 Å². The molecule has 0 amide bonds. The van der Waals surface area contributed by atoms with Crippen molar-refractivity contribution >= 4 is 11.6 Å². The van der Waals surface area contributed by atoms with Crippen molar-refractivity contribution in [2.45, 2.75) is 30.0 Å². The highest BCUT2D eigenvalue weighted by Gasteiger charge is 2.43. The van der Waals surface area contributed by atoms with Crippen LogP contribution in [0.3, 0.4) is 0 Å². The van der Waals surface area contributed by atoms with Crippen LogP contribution in [0.5, 0.6) is 0 Å². The van der Waals surface area contributed by atoms with Crippen LogP contribution in [0.4, 0.5) is 0 Å². The van der Waals surface area contributed by atoms with E-state index in [1.54, 1.807) is 0 Å². The van der Waals surface area contributed by atoms with Gasteiger partial charge in [-0.3, -0.25) is 0 Å². The fourth-order valence-electron chi connectivity index (χ4n) is 1.24. The molecule has 0 aromatic heterocycles. The minimum absolute atomic E-state index is 0.364. The molecule has 6 heteroatoms. The number of aliphatic hydroxyl groups excluding tert-OH is 3. The third kappa shape index (κ3) is 2.12. The molecule has 5 nitrogen and oxygen atoms in total. The Kier molecular flexibility index (Phi) is 3.90. The Morgan fingerprint density at radius 3 is 2.46 bits per heavy atom. The summed E-state index contributed by atoms with van der Waals surface area (Å²) < 4.78 is 9.80. The minimum Gasteiger partial charge on any atom is -0.394 e. The first-order chi connectivity index (χ1) is 6.11. The maximum Gasteiger partial charge on any atom is 0.185 e. The number of hydrogen-bond donors (Lipinski definition) is 3. The number of aliphatic hydroxyl groups is 3. The zero-order valence-electron chi connectivity index (χ0n) is 7.13.